The fraction of sp³-hybridized carbons (Fsp3) is 0.909. The summed E-state index contributed by atoms with van der Waals surface area (Å²) >= 11 is 0. The largest absolute Gasteiger partial charge is 0.359 e. The van der Waals surface area contributed by atoms with Gasteiger partial charge < -0.3 is 9.80 Å². The van der Waals surface area contributed by atoms with Crippen LogP contribution >= 0.6 is 0 Å². The van der Waals surface area contributed by atoms with Gasteiger partial charge in [-0.1, -0.05) is 0 Å². The predicted octanol–water partition coefficient (Wildman–Crippen LogP) is 1.79. The number of nitrogens with one attached hydrogen (secondary N) is 1. The van der Waals surface area contributed by atoms with E-state index in [0.29, 0.717) is 6.04 Å². The van der Waals surface area contributed by atoms with Gasteiger partial charge in [-0.3, -0.25) is 5.41 Å². The van der Waals surface area contributed by atoms with Crippen LogP contribution in [0.3, 0.4) is 0 Å². The Balaban J connectivity index is 2.26. The van der Waals surface area contributed by atoms with E-state index in [1.807, 2.05) is 0 Å². The Morgan fingerprint density at radius 2 is 2.14 bits per heavy atom. The van der Waals surface area contributed by atoms with Crippen molar-refractivity contribution < 1.29 is 0 Å². The average molecular weight is 197 g/mol. The van der Waals surface area contributed by atoms with Gasteiger partial charge in [-0.25, -0.2) is 0 Å². The van der Waals surface area contributed by atoms with Crippen LogP contribution in [0.5, 0.6) is 0 Å². The molecule has 1 aliphatic rings. The Hall–Kier alpha value is -0.570. The Bertz CT molecular complexity index is 189. The van der Waals surface area contributed by atoms with E-state index < -0.39 is 0 Å². The highest BCUT2D eigenvalue weighted by Gasteiger charge is 2.15. The molecule has 0 aliphatic carbocycles. The van der Waals surface area contributed by atoms with Gasteiger partial charge in [-0.15, -0.1) is 0 Å². The van der Waals surface area contributed by atoms with E-state index in [1.165, 1.54) is 12.8 Å². The zero-order valence-corrected chi connectivity index (χ0v) is 9.71. The molecule has 0 unspecified atom stereocenters. The molecule has 1 N–H and O–H groups in total. The van der Waals surface area contributed by atoms with Gasteiger partial charge in [0.25, 0.3) is 0 Å². The van der Waals surface area contributed by atoms with Crippen molar-refractivity contribution in [3.8, 4) is 0 Å². The minimum absolute atomic E-state index is 0.606. The average Bonchev–Trinajstić information content (AvgIpc) is 2.16. The molecule has 1 heterocycles. The lowest BCUT2D eigenvalue weighted by Crippen LogP contribution is -2.41. The zero-order valence-electron chi connectivity index (χ0n) is 9.71. The van der Waals surface area contributed by atoms with Gasteiger partial charge in [0.1, 0.15) is 0 Å². The summed E-state index contributed by atoms with van der Waals surface area (Å²) in [7, 11) is 2.15. The van der Waals surface area contributed by atoms with E-state index in [4.69, 9.17) is 5.41 Å². The molecule has 0 spiro atoms. The summed E-state index contributed by atoms with van der Waals surface area (Å²) < 4.78 is 0. The van der Waals surface area contributed by atoms with Crippen LogP contribution in [0.4, 0.5) is 0 Å². The third kappa shape index (κ3) is 3.29. The molecular formula is C11H23N3. The van der Waals surface area contributed by atoms with Gasteiger partial charge in [0, 0.05) is 32.1 Å². The first-order valence-electron chi connectivity index (χ1n) is 5.64. The number of amidine groups is 1. The molecule has 0 saturated carbocycles. The van der Waals surface area contributed by atoms with Crippen molar-refractivity contribution in [1.29, 1.82) is 5.41 Å². The molecule has 14 heavy (non-hydrogen) atoms. The minimum Gasteiger partial charge on any atom is -0.359 e. The molecule has 1 fully saturated rings. The molecule has 0 atom stereocenters. The first kappa shape index (κ1) is 11.5. The van der Waals surface area contributed by atoms with E-state index in [2.05, 4.69) is 30.7 Å². The second-order valence-corrected chi connectivity index (χ2v) is 4.47. The van der Waals surface area contributed by atoms with E-state index in [-0.39, 0.29) is 0 Å². The molecule has 1 aliphatic heterocycles. The van der Waals surface area contributed by atoms with Crippen LogP contribution in [0.1, 0.15) is 33.1 Å². The van der Waals surface area contributed by atoms with Crippen molar-refractivity contribution in [1.82, 2.24) is 9.80 Å². The highest BCUT2D eigenvalue weighted by atomic mass is 15.2. The standard InChI is InChI=1S/C11H23N3/c1-10(2)13(3)8-9-14-7-5-4-6-11(14)12/h10,12H,4-9H2,1-3H3. The van der Waals surface area contributed by atoms with Crippen molar-refractivity contribution in [3.05, 3.63) is 0 Å². The van der Waals surface area contributed by atoms with Crippen molar-refractivity contribution in [3.63, 3.8) is 0 Å². The third-order valence-electron chi connectivity index (χ3n) is 3.08. The number of hydrogen-bond donors (Lipinski definition) is 1. The minimum atomic E-state index is 0.606. The maximum Gasteiger partial charge on any atom is 0.0958 e. The van der Waals surface area contributed by atoms with Gasteiger partial charge in [-0.2, -0.15) is 0 Å². The molecule has 0 aromatic carbocycles. The first-order chi connectivity index (χ1) is 6.61. The fourth-order valence-electron chi connectivity index (χ4n) is 1.67. The number of rotatable bonds is 4. The molecular weight excluding hydrogens is 174 g/mol. The van der Waals surface area contributed by atoms with Crippen LogP contribution in [0.25, 0.3) is 0 Å². The molecule has 0 aromatic heterocycles. The number of hydrogen-bond acceptors (Lipinski definition) is 2. The highest BCUT2D eigenvalue weighted by molar-refractivity contribution is 5.79. The van der Waals surface area contributed by atoms with E-state index in [9.17, 15) is 0 Å². The van der Waals surface area contributed by atoms with Crippen LogP contribution in [0.2, 0.25) is 0 Å². The van der Waals surface area contributed by atoms with Crippen LogP contribution < -0.4 is 0 Å². The summed E-state index contributed by atoms with van der Waals surface area (Å²) in [6, 6.07) is 0.606. The lowest BCUT2D eigenvalue weighted by Gasteiger charge is -2.31. The van der Waals surface area contributed by atoms with Crippen LogP contribution in [0, 0.1) is 5.41 Å². The molecule has 82 valence electrons. The maximum absolute atomic E-state index is 7.80. The predicted molar refractivity (Wildman–Crippen MR) is 60.9 cm³/mol. The number of nitrogens with zero attached hydrogens (tertiary/aromatic N) is 2. The summed E-state index contributed by atoms with van der Waals surface area (Å²) in [5, 5.41) is 7.80. The number of likely N-dealkylation sites (tertiary alicyclic amines) is 1. The second-order valence-electron chi connectivity index (χ2n) is 4.47. The van der Waals surface area contributed by atoms with Crippen molar-refractivity contribution in [2.75, 3.05) is 26.7 Å². The van der Waals surface area contributed by atoms with Gasteiger partial charge in [0.05, 0.1) is 5.84 Å². The molecule has 0 aromatic rings. The Morgan fingerprint density at radius 1 is 1.43 bits per heavy atom. The molecule has 3 nitrogen and oxygen atoms in total. The van der Waals surface area contributed by atoms with Crippen LogP contribution in [-0.4, -0.2) is 48.4 Å². The number of piperidine rings is 1. The van der Waals surface area contributed by atoms with E-state index in [0.717, 1.165) is 31.9 Å². The fourth-order valence-corrected chi connectivity index (χ4v) is 1.67. The monoisotopic (exact) mass is 197 g/mol. The third-order valence-corrected chi connectivity index (χ3v) is 3.08. The van der Waals surface area contributed by atoms with Gasteiger partial charge >= 0.3 is 0 Å². The summed E-state index contributed by atoms with van der Waals surface area (Å²) in [6.45, 7) is 7.60. The Labute approximate surface area is 87.6 Å². The lowest BCUT2D eigenvalue weighted by molar-refractivity contribution is 0.238. The normalized spacial score (nSPS) is 18.4. The molecule has 0 radical (unpaired) electrons. The lowest BCUT2D eigenvalue weighted by atomic mass is 10.1. The van der Waals surface area contributed by atoms with E-state index in [1.54, 1.807) is 0 Å². The molecule has 0 amide bonds. The van der Waals surface area contributed by atoms with Gasteiger partial charge in [0.15, 0.2) is 0 Å². The molecule has 1 rings (SSSR count). The maximum atomic E-state index is 7.80. The summed E-state index contributed by atoms with van der Waals surface area (Å²) in [4.78, 5) is 4.56. The second kappa shape index (κ2) is 5.35. The topological polar surface area (TPSA) is 30.3 Å². The summed E-state index contributed by atoms with van der Waals surface area (Å²) in [6.07, 6.45) is 3.44. The quantitative estimate of drug-likeness (QED) is 0.745. The molecule has 3 heteroatoms. The Morgan fingerprint density at radius 3 is 2.71 bits per heavy atom. The van der Waals surface area contributed by atoms with E-state index >= 15 is 0 Å². The van der Waals surface area contributed by atoms with Crippen molar-refractivity contribution in [2.24, 2.45) is 0 Å². The summed E-state index contributed by atoms with van der Waals surface area (Å²) in [5.74, 6) is 0.841. The van der Waals surface area contributed by atoms with Crippen molar-refractivity contribution in [2.45, 2.75) is 39.2 Å². The zero-order chi connectivity index (χ0) is 10.6. The highest BCUT2D eigenvalue weighted by Crippen LogP contribution is 2.10. The summed E-state index contributed by atoms with van der Waals surface area (Å²) in [5.41, 5.74) is 0. The van der Waals surface area contributed by atoms with Crippen LogP contribution in [-0.2, 0) is 0 Å². The van der Waals surface area contributed by atoms with Gasteiger partial charge in [0.2, 0.25) is 0 Å². The van der Waals surface area contributed by atoms with Gasteiger partial charge in [-0.05, 0) is 33.7 Å². The SMILES string of the molecule is CC(C)N(C)CCN1CCCCC1=N. The Kier molecular flexibility index (Phi) is 4.39. The first-order valence-corrected chi connectivity index (χ1v) is 5.64. The van der Waals surface area contributed by atoms with Crippen molar-refractivity contribution >= 4 is 5.84 Å². The number of likely N-dealkylation sites (N-methyl/N-ethyl adjacent to an activating group) is 1. The molecule has 1 saturated heterocycles. The van der Waals surface area contributed by atoms with Crippen LogP contribution in [0.15, 0.2) is 0 Å². The molecule has 0 bridgehead atoms. The smallest absolute Gasteiger partial charge is 0.0958 e.